The molecule has 1 aromatic carbocycles. The molecule has 92 valence electrons. The number of hydrogen-bond acceptors (Lipinski definition) is 4. The van der Waals surface area contributed by atoms with Crippen molar-refractivity contribution in [1.82, 2.24) is 5.32 Å². The van der Waals surface area contributed by atoms with Crippen LogP contribution in [0.1, 0.15) is 29.8 Å². The molecule has 5 heteroatoms. The first-order chi connectivity index (χ1) is 7.86. The predicted octanol–water partition coefficient (Wildman–Crippen LogP) is 0.741. The Balaban J connectivity index is 3.06. The van der Waals surface area contributed by atoms with E-state index >= 15 is 0 Å². The molecule has 0 radical (unpaired) electrons. The van der Waals surface area contributed by atoms with Gasteiger partial charge in [-0.15, -0.1) is 0 Å². The summed E-state index contributed by atoms with van der Waals surface area (Å²) in [6.07, 6.45) is 0. The van der Waals surface area contributed by atoms with Gasteiger partial charge in [0, 0.05) is 6.92 Å². The van der Waals surface area contributed by atoms with E-state index in [0.29, 0.717) is 11.1 Å². The number of hydrogen-bond donors (Lipinski definition) is 2. The molecule has 3 N–H and O–H groups in total. The van der Waals surface area contributed by atoms with Gasteiger partial charge in [-0.1, -0.05) is 12.1 Å². The normalized spacial score (nSPS) is 13.6. The van der Waals surface area contributed by atoms with Crippen LogP contribution in [0, 0.1) is 0 Å². The standard InChI is InChI=1S/C12H16N2O3/c1-8(15)14-12(2,13)10-6-4-5-9(7-10)11(16)17-3/h4-7H,13H2,1-3H3,(H,14,15)/t12-/m1/s1. The molecule has 17 heavy (non-hydrogen) atoms. The number of esters is 1. The van der Waals surface area contributed by atoms with Gasteiger partial charge in [0.1, 0.15) is 5.66 Å². The highest BCUT2D eigenvalue weighted by molar-refractivity contribution is 5.89. The van der Waals surface area contributed by atoms with Crippen LogP contribution in [0.3, 0.4) is 0 Å². The topological polar surface area (TPSA) is 81.4 Å². The van der Waals surface area contributed by atoms with Crippen LogP contribution in [-0.4, -0.2) is 19.0 Å². The summed E-state index contributed by atoms with van der Waals surface area (Å²) >= 11 is 0. The molecule has 0 saturated carbocycles. The molecule has 0 aliphatic heterocycles. The minimum atomic E-state index is -1.02. The van der Waals surface area contributed by atoms with Crippen molar-refractivity contribution in [1.29, 1.82) is 0 Å². The molecule has 0 aliphatic rings. The summed E-state index contributed by atoms with van der Waals surface area (Å²) in [6, 6.07) is 6.65. The average Bonchev–Trinajstić information content (AvgIpc) is 2.26. The maximum atomic E-state index is 11.4. The Bertz CT molecular complexity index is 441. The number of rotatable bonds is 3. The number of benzene rings is 1. The van der Waals surface area contributed by atoms with Crippen molar-refractivity contribution >= 4 is 11.9 Å². The Morgan fingerprint density at radius 1 is 1.41 bits per heavy atom. The van der Waals surface area contributed by atoms with Gasteiger partial charge in [0.25, 0.3) is 0 Å². The molecule has 1 atom stereocenters. The zero-order valence-corrected chi connectivity index (χ0v) is 10.1. The highest BCUT2D eigenvalue weighted by Crippen LogP contribution is 2.16. The van der Waals surface area contributed by atoms with Gasteiger partial charge in [-0.3, -0.25) is 4.79 Å². The lowest BCUT2D eigenvalue weighted by Gasteiger charge is -2.26. The third-order valence-electron chi connectivity index (χ3n) is 2.32. The molecule has 1 amide bonds. The van der Waals surface area contributed by atoms with Gasteiger partial charge in [0.05, 0.1) is 12.7 Å². The number of carbonyl (C=O) groups is 2. The molecule has 0 spiro atoms. The van der Waals surface area contributed by atoms with Gasteiger partial charge in [-0.25, -0.2) is 4.79 Å². The summed E-state index contributed by atoms with van der Waals surface area (Å²) in [5, 5.41) is 2.61. The second-order valence-electron chi connectivity index (χ2n) is 3.96. The molecule has 1 rings (SSSR count). The first kappa shape index (κ1) is 13.2. The van der Waals surface area contributed by atoms with Gasteiger partial charge in [-0.2, -0.15) is 0 Å². The Kier molecular flexibility index (Phi) is 3.85. The highest BCUT2D eigenvalue weighted by Gasteiger charge is 2.22. The lowest BCUT2D eigenvalue weighted by atomic mass is 10.00. The zero-order valence-electron chi connectivity index (χ0n) is 10.1. The SMILES string of the molecule is COC(=O)c1cccc([C@](C)(N)NC(C)=O)c1. The van der Waals surface area contributed by atoms with Gasteiger partial charge in [-0.05, 0) is 24.6 Å². The Hall–Kier alpha value is -1.88. The van der Waals surface area contributed by atoms with E-state index in [2.05, 4.69) is 10.1 Å². The highest BCUT2D eigenvalue weighted by atomic mass is 16.5. The van der Waals surface area contributed by atoms with E-state index in [9.17, 15) is 9.59 Å². The molecule has 0 saturated heterocycles. The quantitative estimate of drug-likeness (QED) is 0.599. The van der Waals surface area contributed by atoms with Gasteiger partial charge in [0.15, 0.2) is 0 Å². The van der Waals surface area contributed by atoms with E-state index < -0.39 is 11.6 Å². The molecule has 0 bridgehead atoms. The number of nitrogens with two attached hydrogens (primary N) is 1. The summed E-state index contributed by atoms with van der Waals surface area (Å²) in [5.41, 5.74) is 5.98. The average molecular weight is 236 g/mol. The third-order valence-corrected chi connectivity index (χ3v) is 2.32. The summed E-state index contributed by atoms with van der Waals surface area (Å²) < 4.78 is 4.62. The van der Waals surface area contributed by atoms with Crippen molar-refractivity contribution in [3.63, 3.8) is 0 Å². The summed E-state index contributed by atoms with van der Waals surface area (Å²) in [5.74, 6) is -0.677. The molecule has 0 unspecified atom stereocenters. The Labute approximate surface area is 99.9 Å². The molecule has 5 nitrogen and oxygen atoms in total. The van der Waals surface area contributed by atoms with Crippen molar-refractivity contribution in [3.05, 3.63) is 35.4 Å². The minimum Gasteiger partial charge on any atom is -0.465 e. The van der Waals surface area contributed by atoms with Crippen LogP contribution in [0.2, 0.25) is 0 Å². The largest absolute Gasteiger partial charge is 0.465 e. The molecular formula is C12H16N2O3. The fourth-order valence-corrected chi connectivity index (χ4v) is 1.52. The Morgan fingerprint density at radius 3 is 2.59 bits per heavy atom. The summed E-state index contributed by atoms with van der Waals surface area (Å²) in [7, 11) is 1.31. The van der Waals surface area contributed by atoms with Crippen molar-refractivity contribution in [3.8, 4) is 0 Å². The molecular weight excluding hydrogens is 220 g/mol. The molecule has 0 aliphatic carbocycles. The number of methoxy groups -OCH3 is 1. The van der Waals surface area contributed by atoms with Crippen molar-refractivity contribution in [2.45, 2.75) is 19.5 Å². The molecule has 0 heterocycles. The van der Waals surface area contributed by atoms with Crippen LogP contribution in [0.15, 0.2) is 24.3 Å². The lowest BCUT2D eigenvalue weighted by Crippen LogP contribution is -2.49. The number of carbonyl (C=O) groups excluding carboxylic acids is 2. The van der Waals surface area contributed by atoms with E-state index in [1.165, 1.54) is 14.0 Å². The maximum absolute atomic E-state index is 11.4. The van der Waals surface area contributed by atoms with Crippen molar-refractivity contribution in [2.75, 3.05) is 7.11 Å². The molecule has 0 aromatic heterocycles. The van der Waals surface area contributed by atoms with Crippen LogP contribution < -0.4 is 11.1 Å². The maximum Gasteiger partial charge on any atom is 0.337 e. The summed E-state index contributed by atoms with van der Waals surface area (Å²) in [4.78, 5) is 22.4. The zero-order chi connectivity index (χ0) is 13.1. The fraction of sp³-hybridized carbons (Fsp3) is 0.333. The second-order valence-corrected chi connectivity index (χ2v) is 3.96. The smallest absolute Gasteiger partial charge is 0.337 e. The number of amides is 1. The van der Waals surface area contributed by atoms with Crippen LogP contribution in [0.25, 0.3) is 0 Å². The van der Waals surface area contributed by atoms with Crippen molar-refractivity contribution < 1.29 is 14.3 Å². The van der Waals surface area contributed by atoms with Crippen LogP contribution in [0.4, 0.5) is 0 Å². The number of nitrogens with one attached hydrogen (secondary N) is 1. The van der Waals surface area contributed by atoms with Gasteiger partial charge in [0.2, 0.25) is 5.91 Å². The van der Waals surface area contributed by atoms with Gasteiger partial charge < -0.3 is 15.8 Å². The first-order valence-corrected chi connectivity index (χ1v) is 5.13. The van der Waals surface area contributed by atoms with E-state index in [-0.39, 0.29) is 5.91 Å². The lowest BCUT2D eigenvalue weighted by molar-refractivity contribution is -0.120. The van der Waals surface area contributed by atoms with E-state index in [0.717, 1.165) is 0 Å². The van der Waals surface area contributed by atoms with Crippen LogP contribution in [-0.2, 0) is 15.2 Å². The Morgan fingerprint density at radius 2 is 2.06 bits per heavy atom. The van der Waals surface area contributed by atoms with Crippen molar-refractivity contribution in [2.24, 2.45) is 5.73 Å². The molecule has 1 aromatic rings. The van der Waals surface area contributed by atoms with Crippen LogP contribution in [0.5, 0.6) is 0 Å². The predicted molar refractivity (Wildman–Crippen MR) is 63.1 cm³/mol. The first-order valence-electron chi connectivity index (χ1n) is 5.13. The van der Waals surface area contributed by atoms with Crippen LogP contribution >= 0.6 is 0 Å². The fourth-order valence-electron chi connectivity index (χ4n) is 1.52. The van der Waals surface area contributed by atoms with E-state index in [1.807, 2.05) is 0 Å². The van der Waals surface area contributed by atoms with Gasteiger partial charge >= 0.3 is 5.97 Å². The third kappa shape index (κ3) is 3.29. The second kappa shape index (κ2) is 4.97. The minimum absolute atomic E-state index is 0.238. The monoisotopic (exact) mass is 236 g/mol. The number of ether oxygens (including phenoxy) is 1. The molecule has 0 fully saturated rings. The van der Waals surface area contributed by atoms with E-state index in [1.54, 1.807) is 31.2 Å². The van der Waals surface area contributed by atoms with E-state index in [4.69, 9.17) is 5.73 Å². The summed E-state index contributed by atoms with van der Waals surface area (Å²) in [6.45, 7) is 3.04.